The Labute approximate surface area is 171 Å². The highest BCUT2D eigenvalue weighted by atomic mass is 35.5. The minimum absolute atomic E-state index is 0.112. The first kappa shape index (κ1) is 19.5. The molecule has 2 atom stereocenters. The number of nitrogens with zero attached hydrogens (tertiary/aromatic N) is 6. The molecule has 152 valence electrons. The summed E-state index contributed by atoms with van der Waals surface area (Å²) in [7, 11) is 0. The van der Waals surface area contributed by atoms with Crippen LogP contribution < -0.4 is 4.90 Å². The molecule has 1 N–H and O–H groups in total. The van der Waals surface area contributed by atoms with Crippen molar-refractivity contribution in [2.75, 3.05) is 31.1 Å². The Kier molecular flexibility index (Phi) is 5.31. The SMILES string of the molecule is CC(O)N1CCN(C(=O)OC2c3nccnc3C(=O)N2c2ccc(Cl)cn2)CC1. The van der Waals surface area contributed by atoms with Crippen molar-refractivity contribution in [3.8, 4) is 0 Å². The fraction of sp³-hybridized carbons (Fsp3) is 0.389. The van der Waals surface area contributed by atoms with Gasteiger partial charge in [0.2, 0.25) is 6.23 Å². The number of halogens is 1. The number of fused-ring (bicyclic) bond motifs is 1. The molecule has 2 aliphatic heterocycles. The van der Waals surface area contributed by atoms with Crippen LogP contribution in [0.15, 0.2) is 30.7 Å². The zero-order valence-electron chi connectivity index (χ0n) is 15.6. The maximum Gasteiger partial charge on any atom is 0.412 e. The van der Waals surface area contributed by atoms with Crippen molar-refractivity contribution in [2.45, 2.75) is 19.4 Å². The fourth-order valence-corrected chi connectivity index (χ4v) is 3.44. The van der Waals surface area contributed by atoms with Gasteiger partial charge in [-0.3, -0.25) is 14.7 Å². The van der Waals surface area contributed by atoms with Crippen LogP contribution in [-0.4, -0.2) is 74.3 Å². The number of hydrogen-bond acceptors (Lipinski definition) is 8. The number of anilines is 1. The largest absolute Gasteiger partial charge is 0.419 e. The number of rotatable bonds is 3. The molecule has 4 rings (SSSR count). The fourth-order valence-electron chi connectivity index (χ4n) is 3.33. The Morgan fingerprint density at radius 2 is 1.93 bits per heavy atom. The van der Waals surface area contributed by atoms with Crippen molar-refractivity contribution in [3.63, 3.8) is 0 Å². The van der Waals surface area contributed by atoms with E-state index >= 15 is 0 Å². The van der Waals surface area contributed by atoms with Crippen molar-refractivity contribution in [1.29, 1.82) is 0 Å². The van der Waals surface area contributed by atoms with Crippen LogP contribution in [0.4, 0.5) is 10.6 Å². The van der Waals surface area contributed by atoms with Crippen molar-refractivity contribution in [1.82, 2.24) is 24.8 Å². The lowest BCUT2D eigenvalue weighted by Crippen LogP contribution is -2.51. The van der Waals surface area contributed by atoms with Gasteiger partial charge in [0, 0.05) is 44.8 Å². The summed E-state index contributed by atoms with van der Waals surface area (Å²) in [6.45, 7) is 3.53. The molecule has 0 bridgehead atoms. The van der Waals surface area contributed by atoms with E-state index in [1.54, 1.807) is 19.1 Å². The lowest BCUT2D eigenvalue weighted by atomic mass is 10.3. The summed E-state index contributed by atoms with van der Waals surface area (Å²) < 4.78 is 5.68. The number of aromatic nitrogens is 3. The highest BCUT2D eigenvalue weighted by molar-refractivity contribution is 6.30. The van der Waals surface area contributed by atoms with Gasteiger partial charge in [-0.2, -0.15) is 0 Å². The van der Waals surface area contributed by atoms with Crippen molar-refractivity contribution < 1.29 is 19.4 Å². The average Bonchev–Trinajstić information content (AvgIpc) is 3.01. The molecule has 10 nitrogen and oxygen atoms in total. The normalized spacial score (nSPS) is 20.5. The van der Waals surface area contributed by atoms with Gasteiger partial charge in [-0.25, -0.2) is 19.7 Å². The second-order valence-electron chi connectivity index (χ2n) is 6.69. The number of carbonyl (C=O) groups excluding carboxylic acids is 2. The van der Waals surface area contributed by atoms with Gasteiger partial charge in [-0.05, 0) is 19.1 Å². The molecule has 0 radical (unpaired) electrons. The monoisotopic (exact) mass is 418 g/mol. The van der Waals surface area contributed by atoms with Gasteiger partial charge in [0.05, 0.1) is 5.02 Å². The lowest BCUT2D eigenvalue weighted by Gasteiger charge is -2.36. The van der Waals surface area contributed by atoms with Gasteiger partial charge in [0.25, 0.3) is 5.91 Å². The van der Waals surface area contributed by atoms with E-state index in [1.807, 2.05) is 4.90 Å². The molecular weight excluding hydrogens is 400 g/mol. The van der Waals surface area contributed by atoms with Crippen LogP contribution in [0.5, 0.6) is 0 Å². The second-order valence-corrected chi connectivity index (χ2v) is 7.13. The first-order valence-corrected chi connectivity index (χ1v) is 9.47. The first-order chi connectivity index (χ1) is 14.0. The number of carbonyl (C=O) groups is 2. The molecule has 29 heavy (non-hydrogen) atoms. The topological polar surface area (TPSA) is 112 Å². The van der Waals surface area contributed by atoms with Gasteiger partial charge >= 0.3 is 6.09 Å². The van der Waals surface area contributed by atoms with Crippen LogP contribution in [0.2, 0.25) is 5.02 Å². The van der Waals surface area contributed by atoms with Crippen molar-refractivity contribution in [2.24, 2.45) is 0 Å². The number of ether oxygens (including phenoxy) is 1. The number of aliphatic hydroxyl groups is 1. The molecule has 1 fully saturated rings. The molecule has 2 aromatic rings. The van der Waals surface area contributed by atoms with Crippen LogP contribution in [0.1, 0.15) is 29.3 Å². The minimum atomic E-state index is -1.08. The van der Waals surface area contributed by atoms with Gasteiger partial charge in [0.1, 0.15) is 17.7 Å². The predicted octanol–water partition coefficient (Wildman–Crippen LogP) is 1.28. The standard InChI is InChI=1S/C18H19ClN6O4/c1-11(26)23-6-8-24(9-7-23)18(28)29-17-15-14(20-4-5-21-15)16(27)25(17)13-3-2-12(19)10-22-13/h2-5,10-11,17,26H,6-9H2,1H3. The Balaban J connectivity index is 1.57. The Morgan fingerprint density at radius 1 is 1.21 bits per heavy atom. The number of hydrogen-bond donors (Lipinski definition) is 1. The number of pyridine rings is 1. The molecular formula is C18H19ClN6O4. The molecule has 0 spiro atoms. The number of piperazine rings is 1. The molecule has 0 aliphatic carbocycles. The van der Waals surface area contributed by atoms with E-state index in [1.165, 1.54) is 28.4 Å². The summed E-state index contributed by atoms with van der Waals surface area (Å²) in [6, 6.07) is 3.16. The summed E-state index contributed by atoms with van der Waals surface area (Å²) in [5.74, 6) is -0.185. The first-order valence-electron chi connectivity index (χ1n) is 9.09. The number of aliphatic hydroxyl groups excluding tert-OH is 1. The molecule has 2 amide bonds. The van der Waals surface area contributed by atoms with Crippen LogP contribution in [-0.2, 0) is 4.74 Å². The van der Waals surface area contributed by atoms with Crippen LogP contribution in [0, 0.1) is 0 Å². The molecule has 4 heterocycles. The highest BCUT2D eigenvalue weighted by Gasteiger charge is 2.44. The third-order valence-corrected chi connectivity index (χ3v) is 5.11. The van der Waals surface area contributed by atoms with Gasteiger partial charge < -0.3 is 14.7 Å². The highest BCUT2D eigenvalue weighted by Crippen LogP contribution is 2.35. The van der Waals surface area contributed by atoms with E-state index in [4.69, 9.17) is 16.3 Å². The molecule has 1 saturated heterocycles. The molecule has 0 saturated carbocycles. The molecule has 2 aromatic heterocycles. The average molecular weight is 419 g/mol. The maximum atomic E-state index is 12.9. The minimum Gasteiger partial charge on any atom is -0.419 e. The van der Waals surface area contributed by atoms with E-state index in [9.17, 15) is 14.7 Å². The van der Waals surface area contributed by atoms with Gasteiger partial charge in [-0.1, -0.05) is 11.6 Å². The van der Waals surface area contributed by atoms with E-state index in [0.29, 0.717) is 31.2 Å². The third-order valence-electron chi connectivity index (χ3n) is 4.89. The smallest absolute Gasteiger partial charge is 0.412 e. The zero-order chi connectivity index (χ0) is 20.5. The summed E-state index contributed by atoms with van der Waals surface area (Å²) in [6.07, 6.45) is 2.01. The third kappa shape index (κ3) is 3.74. The molecule has 11 heteroatoms. The summed E-state index contributed by atoms with van der Waals surface area (Å²) in [4.78, 5) is 42.7. The van der Waals surface area contributed by atoms with Crippen molar-refractivity contribution in [3.05, 3.63) is 47.1 Å². The lowest BCUT2D eigenvalue weighted by molar-refractivity contribution is -0.0174. The van der Waals surface area contributed by atoms with E-state index < -0.39 is 24.5 Å². The van der Waals surface area contributed by atoms with Crippen LogP contribution in [0.3, 0.4) is 0 Å². The maximum absolute atomic E-state index is 12.9. The number of amides is 2. The Bertz CT molecular complexity index is 917. The van der Waals surface area contributed by atoms with Gasteiger partial charge in [0.15, 0.2) is 5.69 Å². The Morgan fingerprint density at radius 3 is 2.59 bits per heavy atom. The van der Waals surface area contributed by atoms with Crippen molar-refractivity contribution >= 4 is 29.4 Å². The zero-order valence-corrected chi connectivity index (χ0v) is 16.4. The summed E-state index contributed by atoms with van der Waals surface area (Å²) >= 11 is 5.90. The van der Waals surface area contributed by atoms with Crippen LogP contribution >= 0.6 is 11.6 Å². The van der Waals surface area contributed by atoms with Crippen LogP contribution in [0.25, 0.3) is 0 Å². The molecule has 2 unspecified atom stereocenters. The van der Waals surface area contributed by atoms with E-state index in [2.05, 4.69) is 15.0 Å². The summed E-state index contributed by atoms with van der Waals surface area (Å²) in [5, 5.41) is 10.1. The predicted molar refractivity (Wildman–Crippen MR) is 102 cm³/mol. The van der Waals surface area contributed by atoms with E-state index in [0.717, 1.165) is 0 Å². The van der Waals surface area contributed by atoms with E-state index in [-0.39, 0.29) is 17.2 Å². The molecule has 0 aromatic carbocycles. The Hall–Kier alpha value is -2.82. The molecule has 2 aliphatic rings. The summed E-state index contributed by atoms with van der Waals surface area (Å²) in [5.41, 5.74) is 0.367. The van der Waals surface area contributed by atoms with Gasteiger partial charge in [-0.15, -0.1) is 0 Å². The quantitative estimate of drug-likeness (QED) is 0.793. The second kappa shape index (κ2) is 7.90.